The van der Waals surface area contributed by atoms with Gasteiger partial charge in [-0.05, 0) is 49.7 Å². The fourth-order valence-electron chi connectivity index (χ4n) is 3.08. The number of anilines is 1. The average Bonchev–Trinajstić information content (AvgIpc) is 3.03. The van der Waals surface area contributed by atoms with Crippen molar-refractivity contribution >= 4 is 29.1 Å². The van der Waals surface area contributed by atoms with Gasteiger partial charge in [0.25, 0.3) is 0 Å². The van der Waals surface area contributed by atoms with E-state index in [0.29, 0.717) is 18.1 Å². The molecule has 1 N–H and O–H groups in total. The molecule has 6 heteroatoms. The van der Waals surface area contributed by atoms with Crippen molar-refractivity contribution in [2.24, 2.45) is 5.92 Å². The maximum atomic E-state index is 12.5. The van der Waals surface area contributed by atoms with Crippen LogP contribution < -0.4 is 15.0 Å². The van der Waals surface area contributed by atoms with E-state index in [1.54, 1.807) is 11.0 Å². The molecule has 1 atom stereocenters. The summed E-state index contributed by atoms with van der Waals surface area (Å²) in [5, 5.41) is 3.50. The molecule has 0 radical (unpaired) electrons. The standard InChI is InChI=1S/C21H23ClN2O3/c1-14(2)27-18-9-7-17(8-10-18)24-13-16(11-20(24)25)21(26)23-12-15-5-3-4-6-19(15)22/h3-10,14,16H,11-13H2,1-2H3,(H,23,26)/t16-/m1/s1. The van der Waals surface area contributed by atoms with E-state index in [1.165, 1.54) is 0 Å². The van der Waals surface area contributed by atoms with Gasteiger partial charge in [-0.15, -0.1) is 0 Å². The lowest BCUT2D eigenvalue weighted by Crippen LogP contribution is -2.32. The van der Waals surface area contributed by atoms with Crippen molar-refractivity contribution < 1.29 is 14.3 Å². The van der Waals surface area contributed by atoms with E-state index in [9.17, 15) is 9.59 Å². The molecule has 2 aromatic rings. The molecule has 142 valence electrons. The quantitative estimate of drug-likeness (QED) is 0.821. The Morgan fingerprint density at radius 2 is 1.93 bits per heavy atom. The Hall–Kier alpha value is -2.53. The van der Waals surface area contributed by atoms with E-state index in [2.05, 4.69) is 5.32 Å². The van der Waals surface area contributed by atoms with Crippen molar-refractivity contribution in [2.75, 3.05) is 11.4 Å². The highest BCUT2D eigenvalue weighted by Crippen LogP contribution is 2.27. The Morgan fingerprint density at radius 1 is 1.22 bits per heavy atom. The molecule has 0 unspecified atom stereocenters. The number of carbonyl (C=O) groups is 2. The third-order valence-electron chi connectivity index (χ3n) is 4.43. The van der Waals surface area contributed by atoms with Crippen LogP contribution in [0.3, 0.4) is 0 Å². The predicted octanol–water partition coefficient (Wildman–Crippen LogP) is 3.80. The highest BCUT2D eigenvalue weighted by Gasteiger charge is 2.35. The molecule has 0 bridgehead atoms. The van der Waals surface area contributed by atoms with Crippen LogP contribution >= 0.6 is 11.6 Å². The first-order valence-corrected chi connectivity index (χ1v) is 9.40. The molecule has 1 fully saturated rings. The molecule has 0 aliphatic carbocycles. The number of halogens is 1. The number of hydrogen-bond donors (Lipinski definition) is 1. The Labute approximate surface area is 164 Å². The van der Waals surface area contributed by atoms with Gasteiger partial charge in [0, 0.05) is 30.2 Å². The van der Waals surface area contributed by atoms with Gasteiger partial charge >= 0.3 is 0 Å². The first-order chi connectivity index (χ1) is 12.9. The average molecular weight is 387 g/mol. The number of hydrogen-bond acceptors (Lipinski definition) is 3. The largest absolute Gasteiger partial charge is 0.491 e. The van der Waals surface area contributed by atoms with E-state index >= 15 is 0 Å². The van der Waals surface area contributed by atoms with Crippen molar-refractivity contribution in [1.82, 2.24) is 5.32 Å². The number of amides is 2. The molecule has 1 heterocycles. The summed E-state index contributed by atoms with van der Waals surface area (Å²) in [4.78, 5) is 26.5. The molecule has 5 nitrogen and oxygen atoms in total. The van der Waals surface area contributed by atoms with E-state index in [1.807, 2.05) is 56.3 Å². The van der Waals surface area contributed by atoms with Crippen LogP contribution in [0.2, 0.25) is 5.02 Å². The molecule has 0 spiro atoms. The molecule has 0 aromatic heterocycles. The summed E-state index contributed by atoms with van der Waals surface area (Å²) >= 11 is 6.11. The summed E-state index contributed by atoms with van der Waals surface area (Å²) in [5.41, 5.74) is 1.63. The topological polar surface area (TPSA) is 58.6 Å². The zero-order chi connectivity index (χ0) is 19.4. The van der Waals surface area contributed by atoms with E-state index < -0.39 is 0 Å². The maximum Gasteiger partial charge on any atom is 0.227 e. The number of nitrogens with one attached hydrogen (secondary N) is 1. The minimum absolute atomic E-state index is 0.0505. The normalized spacial score (nSPS) is 16.7. The van der Waals surface area contributed by atoms with Gasteiger partial charge in [-0.3, -0.25) is 9.59 Å². The van der Waals surface area contributed by atoms with Crippen LogP contribution in [-0.2, 0) is 16.1 Å². The summed E-state index contributed by atoms with van der Waals surface area (Å²) < 4.78 is 5.62. The van der Waals surface area contributed by atoms with Gasteiger partial charge in [-0.2, -0.15) is 0 Å². The van der Waals surface area contributed by atoms with Gasteiger partial charge in [0.15, 0.2) is 0 Å². The number of carbonyl (C=O) groups excluding carboxylic acids is 2. The Bertz CT molecular complexity index is 820. The van der Waals surface area contributed by atoms with Crippen LogP contribution in [0.25, 0.3) is 0 Å². The van der Waals surface area contributed by atoms with Crippen LogP contribution in [0.5, 0.6) is 5.75 Å². The third kappa shape index (κ3) is 4.80. The lowest BCUT2D eigenvalue weighted by molar-refractivity contribution is -0.126. The van der Waals surface area contributed by atoms with Gasteiger partial charge in [0.05, 0.1) is 12.0 Å². The summed E-state index contributed by atoms with van der Waals surface area (Å²) in [6, 6.07) is 14.8. The highest BCUT2D eigenvalue weighted by molar-refractivity contribution is 6.31. The molecule has 0 saturated carbocycles. The number of benzene rings is 2. The van der Waals surface area contributed by atoms with E-state index in [-0.39, 0.29) is 30.3 Å². The lowest BCUT2D eigenvalue weighted by atomic mass is 10.1. The van der Waals surface area contributed by atoms with Crippen molar-refractivity contribution in [1.29, 1.82) is 0 Å². The number of nitrogens with zero attached hydrogens (tertiary/aromatic N) is 1. The molecule has 2 aromatic carbocycles. The summed E-state index contributed by atoms with van der Waals surface area (Å²) in [7, 11) is 0. The molecule has 2 amide bonds. The lowest BCUT2D eigenvalue weighted by Gasteiger charge is -2.18. The second kappa shape index (κ2) is 8.44. The van der Waals surface area contributed by atoms with Crippen molar-refractivity contribution in [2.45, 2.75) is 32.9 Å². The van der Waals surface area contributed by atoms with Crippen molar-refractivity contribution in [3.63, 3.8) is 0 Å². The zero-order valence-corrected chi connectivity index (χ0v) is 16.2. The van der Waals surface area contributed by atoms with Gasteiger partial charge in [-0.1, -0.05) is 29.8 Å². The minimum atomic E-state index is -0.369. The first kappa shape index (κ1) is 19.2. The van der Waals surface area contributed by atoms with Crippen molar-refractivity contribution in [3.05, 3.63) is 59.1 Å². The van der Waals surface area contributed by atoms with Gasteiger partial charge in [0.1, 0.15) is 5.75 Å². The van der Waals surface area contributed by atoms with Crippen LogP contribution in [0.1, 0.15) is 25.8 Å². The molecule has 1 aliphatic rings. The first-order valence-electron chi connectivity index (χ1n) is 9.02. The van der Waals surface area contributed by atoms with Crippen LogP contribution in [0.4, 0.5) is 5.69 Å². The highest BCUT2D eigenvalue weighted by atomic mass is 35.5. The molecule has 27 heavy (non-hydrogen) atoms. The molecule has 3 rings (SSSR count). The van der Waals surface area contributed by atoms with Gasteiger partial charge in [0.2, 0.25) is 11.8 Å². The zero-order valence-electron chi connectivity index (χ0n) is 15.4. The Kier molecular flexibility index (Phi) is 6.01. The molecular weight excluding hydrogens is 364 g/mol. The maximum absolute atomic E-state index is 12.5. The summed E-state index contributed by atoms with van der Waals surface area (Å²) in [5.74, 6) is 0.206. The minimum Gasteiger partial charge on any atom is -0.491 e. The van der Waals surface area contributed by atoms with Crippen LogP contribution in [-0.4, -0.2) is 24.5 Å². The Morgan fingerprint density at radius 3 is 2.59 bits per heavy atom. The predicted molar refractivity (Wildman–Crippen MR) is 106 cm³/mol. The van der Waals surface area contributed by atoms with Gasteiger partial charge < -0.3 is 15.0 Å². The fraction of sp³-hybridized carbons (Fsp3) is 0.333. The fourth-order valence-corrected chi connectivity index (χ4v) is 3.28. The summed E-state index contributed by atoms with van der Waals surface area (Å²) in [6.45, 7) is 4.65. The second-order valence-electron chi connectivity index (χ2n) is 6.88. The van der Waals surface area contributed by atoms with Gasteiger partial charge in [-0.25, -0.2) is 0 Å². The molecule has 1 aliphatic heterocycles. The second-order valence-corrected chi connectivity index (χ2v) is 7.28. The number of rotatable bonds is 6. The van der Waals surface area contributed by atoms with Crippen molar-refractivity contribution in [3.8, 4) is 5.75 Å². The molecule has 1 saturated heterocycles. The van der Waals surface area contributed by atoms with Crippen LogP contribution in [0.15, 0.2) is 48.5 Å². The summed E-state index contributed by atoms with van der Waals surface area (Å²) in [6.07, 6.45) is 0.300. The van der Waals surface area contributed by atoms with E-state index in [4.69, 9.17) is 16.3 Å². The number of ether oxygens (including phenoxy) is 1. The Balaban J connectivity index is 1.59. The smallest absolute Gasteiger partial charge is 0.227 e. The van der Waals surface area contributed by atoms with Crippen LogP contribution in [0, 0.1) is 5.92 Å². The molecular formula is C21H23ClN2O3. The van der Waals surface area contributed by atoms with E-state index in [0.717, 1.165) is 17.0 Å². The monoisotopic (exact) mass is 386 g/mol. The SMILES string of the molecule is CC(C)Oc1ccc(N2C[C@H](C(=O)NCc3ccccc3Cl)CC2=O)cc1. The third-order valence-corrected chi connectivity index (χ3v) is 4.80.